The van der Waals surface area contributed by atoms with Gasteiger partial charge in [-0.3, -0.25) is 9.98 Å². The zero-order valence-corrected chi connectivity index (χ0v) is 37.7. The summed E-state index contributed by atoms with van der Waals surface area (Å²) in [6.07, 6.45) is 8.05. The molecule has 328 valence electrons. The summed E-state index contributed by atoms with van der Waals surface area (Å²) in [5, 5.41) is 1.34. The summed E-state index contributed by atoms with van der Waals surface area (Å²) in [5.74, 6) is 4.97. The first-order valence-corrected chi connectivity index (χ1v) is 20.3. The molecule has 1 aliphatic carbocycles. The van der Waals surface area contributed by atoms with Crippen molar-refractivity contribution in [1.82, 2.24) is 9.97 Å². The van der Waals surface area contributed by atoms with Crippen LogP contribution in [0.3, 0.4) is 0 Å². The Morgan fingerprint density at radius 2 is 0.877 bits per heavy atom. The maximum absolute atomic E-state index is 6.07. The first-order valence-electron chi connectivity index (χ1n) is 20.3. The van der Waals surface area contributed by atoms with E-state index < -0.39 is 0 Å². The van der Waals surface area contributed by atoms with Gasteiger partial charge >= 0.3 is 16.5 Å². The Balaban J connectivity index is 0.00000533. The summed E-state index contributed by atoms with van der Waals surface area (Å²) in [5.41, 5.74) is 12.3. The van der Waals surface area contributed by atoms with E-state index in [1.165, 1.54) is 0 Å². The number of allylic oxidation sites excluding steroid dienone is 4. The van der Waals surface area contributed by atoms with Crippen molar-refractivity contribution in [3.8, 4) is 57.3 Å². The molecule has 0 unspecified atom stereocenters. The van der Waals surface area contributed by atoms with Crippen molar-refractivity contribution in [3.63, 3.8) is 0 Å². The van der Waals surface area contributed by atoms with Crippen LogP contribution >= 0.6 is 0 Å². The maximum atomic E-state index is 6.07. The third kappa shape index (κ3) is 7.27. The summed E-state index contributed by atoms with van der Waals surface area (Å²) < 4.78 is 46.6. The molecule has 0 atom stereocenters. The molecule has 2 aromatic heterocycles. The number of H-pyrrole nitrogens is 1. The van der Waals surface area contributed by atoms with Crippen LogP contribution in [0.15, 0.2) is 125 Å². The summed E-state index contributed by atoms with van der Waals surface area (Å²) in [6, 6.07) is 29.0. The Labute approximate surface area is 385 Å². The van der Waals surface area contributed by atoms with Crippen molar-refractivity contribution in [1.29, 1.82) is 0 Å². The average molecular weight is 910 g/mol. The topological polar surface area (TPSA) is 128 Å². The van der Waals surface area contributed by atoms with Gasteiger partial charge in [-0.25, -0.2) is 0 Å². The number of aromatic nitrogens is 2. The number of ether oxygens (including phenoxy) is 8. The quantitative estimate of drug-likeness (QED) is 0.104. The number of methoxy groups -OCH3 is 8. The number of rotatable bonds is 11. The van der Waals surface area contributed by atoms with Gasteiger partial charge in [0.25, 0.3) is 0 Å². The van der Waals surface area contributed by atoms with Gasteiger partial charge in [-0.05, 0) is 117 Å². The van der Waals surface area contributed by atoms with E-state index in [1.54, 1.807) is 56.9 Å². The van der Waals surface area contributed by atoms with Crippen LogP contribution in [-0.2, 0) is 16.5 Å². The molecule has 0 fully saturated rings. The molecule has 6 aromatic rings. The summed E-state index contributed by atoms with van der Waals surface area (Å²) in [4.78, 5) is 20.0. The molecule has 13 heteroatoms. The van der Waals surface area contributed by atoms with Gasteiger partial charge < -0.3 is 47.9 Å². The number of nitrogens with one attached hydrogen (secondary N) is 1. The molecule has 0 saturated heterocycles. The molecule has 10 rings (SSSR count). The van der Waals surface area contributed by atoms with Crippen LogP contribution in [0, 0.1) is 6.07 Å². The predicted molar refractivity (Wildman–Crippen MR) is 246 cm³/mol. The number of aromatic amines is 1. The van der Waals surface area contributed by atoms with E-state index in [0.29, 0.717) is 85.2 Å². The first kappa shape index (κ1) is 42.7. The molecule has 1 N–H and O–H groups in total. The molecule has 0 radical (unpaired) electrons. The van der Waals surface area contributed by atoms with E-state index in [4.69, 9.17) is 52.9 Å². The number of fused-ring (bicyclic) bond motifs is 8. The van der Waals surface area contributed by atoms with Gasteiger partial charge in [0, 0.05) is 35.7 Å². The van der Waals surface area contributed by atoms with Crippen LogP contribution in [0.25, 0.3) is 33.5 Å². The van der Waals surface area contributed by atoms with Gasteiger partial charge in [0.15, 0.2) is 0 Å². The number of aliphatic imine (C=N–C) groups is 2. The van der Waals surface area contributed by atoms with Gasteiger partial charge in [0.1, 0.15) is 46.0 Å². The summed E-state index contributed by atoms with van der Waals surface area (Å²) in [7, 11) is 13.1. The van der Waals surface area contributed by atoms with Crippen LogP contribution in [0.5, 0.6) is 46.0 Å². The van der Waals surface area contributed by atoms with E-state index in [2.05, 4.69) is 11.1 Å². The third-order valence-electron chi connectivity index (χ3n) is 11.7. The van der Waals surface area contributed by atoms with Crippen LogP contribution in [-0.4, -0.2) is 73.3 Å². The Kier molecular flexibility index (Phi) is 11.3. The molecule has 65 heavy (non-hydrogen) atoms. The van der Waals surface area contributed by atoms with Crippen molar-refractivity contribution in [2.24, 2.45) is 9.98 Å². The molecule has 0 saturated carbocycles. The molecular formula is C52H42N4NiO8. The third-order valence-corrected chi connectivity index (χ3v) is 11.7. The van der Waals surface area contributed by atoms with Crippen molar-refractivity contribution in [3.05, 3.63) is 165 Å². The predicted octanol–water partition coefficient (Wildman–Crippen LogP) is 7.47. The molecule has 0 amide bonds. The first-order chi connectivity index (χ1) is 31.3. The van der Waals surface area contributed by atoms with Crippen LogP contribution < -0.4 is 53.6 Å². The Hall–Kier alpha value is -7.63. The summed E-state index contributed by atoms with van der Waals surface area (Å²) >= 11 is 0. The standard InChI is InChI=1S/C52H42N4O8.Ni/c1-57-30-15-27(16-31(21-30)58-2)47-39-9-10-40(53-39)48(28-17-32(59-3)22-33(18-28)60-4)42-13-14-44(55-42)50-37-24-36(63-7)25-46(64-8)51(37)52-38(50)26-45(56-52)49(43-12-11-41(47)54-43)29-19-34(61-5)23-35(20-29)62-6;/h9-25,56H,1-8H3;/q-2;+2. The monoisotopic (exact) mass is 908 g/mol. The van der Waals surface area contributed by atoms with E-state index in [9.17, 15) is 0 Å². The fraction of sp³-hybridized carbons (Fsp3) is 0.154. The fourth-order valence-corrected chi connectivity index (χ4v) is 8.68. The Bertz CT molecular complexity index is 3200. The summed E-state index contributed by atoms with van der Waals surface area (Å²) in [6.45, 7) is 0. The van der Waals surface area contributed by atoms with Crippen LogP contribution in [0.1, 0.15) is 33.5 Å². The minimum Gasteiger partial charge on any atom is -0.657 e. The van der Waals surface area contributed by atoms with E-state index in [-0.39, 0.29) is 16.5 Å². The van der Waals surface area contributed by atoms with Crippen molar-refractivity contribution in [2.75, 3.05) is 56.9 Å². The molecular weight excluding hydrogens is 867 g/mol. The SMILES string of the molecule is COc1cc(OC)cc(C2=C3C=CC(=N3)C(c3cc(OC)cc(OC)c3)=c3ccc([n-]3)=C(c3cc(OC)cc(OC)c3)C3=NC(=C4c5[c-]c2[nH]c5-c2c(OC)cc(OC)cc24)C=C3)c1.[Ni+2]. The molecule has 5 heterocycles. The van der Waals surface area contributed by atoms with Crippen molar-refractivity contribution in [2.45, 2.75) is 0 Å². The van der Waals surface area contributed by atoms with Gasteiger partial charge in [-0.1, -0.05) is 23.3 Å². The fourth-order valence-electron chi connectivity index (χ4n) is 8.68. The average Bonchev–Trinajstić information content (AvgIpc) is 4.20. The number of benzene rings is 4. The largest absolute Gasteiger partial charge is 2.00 e. The Morgan fingerprint density at radius 1 is 0.462 bits per heavy atom. The van der Waals surface area contributed by atoms with Crippen molar-refractivity contribution >= 4 is 33.7 Å². The minimum absolute atomic E-state index is 0. The molecule has 4 aliphatic rings. The molecule has 3 aliphatic heterocycles. The van der Waals surface area contributed by atoms with Crippen molar-refractivity contribution < 1.29 is 54.4 Å². The van der Waals surface area contributed by atoms with Crippen LogP contribution in [0.4, 0.5) is 0 Å². The molecule has 12 nitrogen and oxygen atoms in total. The second kappa shape index (κ2) is 17.2. The maximum Gasteiger partial charge on any atom is 2.00 e. The number of hydrogen-bond donors (Lipinski definition) is 1. The van der Waals surface area contributed by atoms with Gasteiger partial charge in [0.05, 0.1) is 68.3 Å². The second-order valence-electron chi connectivity index (χ2n) is 15.1. The molecule has 4 aromatic carbocycles. The second-order valence-corrected chi connectivity index (χ2v) is 15.1. The van der Waals surface area contributed by atoms with Gasteiger partial charge in [0.2, 0.25) is 0 Å². The van der Waals surface area contributed by atoms with Gasteiger partial charge in [-0.15, -0.1) is 22.3 Å². The Morgan fingerprint density at radius 3 is 1.31 bits per heavy atom. The van der Waals surface area contributed by atoms with Gasteiger partial charge in [-0.2, -0.15) is 0 Å². The number of nitrogens with zero attached hydrogens (tertiary/aromatic N) is 3. The zero-order valence-electron chi connectivity index (χ0n) is 36.7. The number of hydrogen-bond acceptors (Lipinski definition) is 10. The smallest absolute Gasteiger partial charge is 0.657 e. The molecule has 8 bridgehead atoms. The van der Waals surface area contributed by atoms with E-state index in [0.717, 1.165) is 61.4 Å². The minimum atomic E-state index is 0. The zero-order chi connectivity index (χ0) is 44.2. The van der Waals surface area contributed by atoms with Crippen LogP contribution in [0.2, 0.25) is 0 Å². The molecule has 0 spiro atoms. The normalized spacial score (nSPS) is 14.2. The van der Waals surface area contributed by atoms with E-state index >= 15 is 0 Å². The van der Waals surface area contributed by atoms with E-state index in [1.807, 2.05) is 103 Å².